The van der Waals surface area contributed by atoms with Gasteiger partial charge in [0.05, 0.1) is 13.2 Å². The van der Waals surface area contributed by atoms with Gasteiger partial charge in [-0.3, -0.25) is 18.6 Å². The van der Waals surface area contributed by atoms with Gasteiger partial charge in [-0.2, -0.15) is 0 Å². The summed E-state index contributed by atoms with van der Waals surface area (Å²) in [5.41, 5.74) is 0. The molecule has 3 unspecified atom stereocenters. The average molecular weight is 862 g/mol. The Morgan fingerprint density at radius 1 is 0.550 bits per heavy atom. The van der Waals surface area contributed by atoms with Crippen LogP contribution in [0.2, 0.25) is 0 Å². The Bertz CT molecular complexity index is 1340. The number of ether oxygens (including phenoxy) is 1. The molecule has 60 heavy (non-hydrogen) atoms. The molecule has 0 aliphatic carbocycles. The molecule has 0 aliphatic rings. The first-order chi connectivity index (χ1) is 29.1. The molecule has 0 spiro atoms. The Labute approximate surface area is 362 Å². The Balaban J connectivity index is 3.95. The van der Waals surface area contributed by atoms with Crippen molar-refractivity contribution in [3.8, 4) is 0 Å². The molecule has 0 heterocycles. The Hall–Kier alpha value is -3.34. The Morgan fingerprint density at radius 2 is 0.967 bits per heavy atom. The van der Waals surface area contributed by atoms with E-state index in [1.165, 1.54) is 19.3 Å². The summed E-state index contributed by atoms with van der Waals surface area (Å²) < 4.78 is 26.8. The number of aliphatic hydroxyl groups excluding tert-OH is 1. The second-order valence-corrected chi connectivity index (χ2v) is 16.3. The molecule has 0 bridgehead atoms. The SMILES string of the molecule is CC/C=C\C/C=C\C/C=C\C/C=C\C/C=C\CCCCCCCC(=O)OCC(O)COP(=O)(O)OCC(NC(=O)CCCCCCC/C=C\C/C=C\CCCCC)C(=O)O. The molecule has 3 atom stereocenters. The number of carboxylic acids is 1. The smallest absolute Gasteiger partial charge is 0.472 e. The van der Waals surface area contributed by atoms with Crippen LogP contribution in [0.4, 0.5) is 0 Å². The number of carbonyl (C=O) groups excluding carboxylic acids is 2. The number of esters is 1. The molecule has 0 saturated carbocycles. The monoisotopic (exact) mass is 862 g/mol. The van der Waals surface area contributed by atoms with Crippen molar-refractivity contribution in [1.82, 2.24) is 5.32 Å². The number of carboxylic acid groups (broad SMARTS) is 1. The molecule has 11 nitrogen and oxygen atoms in total. The van der Waals surface area contributed by atoms with E-state index >= 15 is 0 Å². The summed E-state index contributed by atoms with van der Waals surface area (Å²) >= 11 is 0. The number of allylic oxidation sites excluding steroid dienone is 14. The number of hydrogen-bond donors (Lipinski definition) is 4. The summed E-state index contributed by atoms with van der Waals surface area (Å²) in [7, 11) is -4.77. The lowest BCUT2D eigenvalue weighted by atomic mass is 10.1. The lowest BCUT2D eigenvalue weighted by Gasteiger charge is -2.18. The summed E-state index contributed by atoms with van der Waals surface area (Å²) in [6.45, 7) is 2.41. The maximum absolute atomic E-state index is 12.3. The number of phosphoric ester groups is 1. The van der Waals surface area contributed by atoms with Gasteiger partial charge in [-0.1, -0.05) is 150 Å². The van der Waals surface area contributed by atoms with E-state index in [0.717, 1.165) is 109 Å². The molecule has 0 aromatic rings. The number of rotatable bonds is 41. The molecule has 0 aromatic heterocycles. The number of unbranched alkanes of at least 4 members (excludes halogenated alkanes) is 13. The fourth-order valence-electron chi connectivity index (χ4n) is 5.66. The van der Waals surface area contributed by atoms with Crippen molar-refractivity contribution in [2.24, 2.45) is 0 Å². The van der Waals surface area contributed by atoms with Crippen molar-refractivity contribution in [3.05, 3.63) is 85.1 Å². The van der Waals surface area contributed by atoms with Gasteiger partial charge >= 0.3 is 19.8 Å². The molecule has 1 amide bonds. The van der Waals surface area contributed by atoms with Crippen LogP contribution >= 0.6 is 7.82 Å². The summed E-state index contributed by atoms with van der Waals surface area (Å²) in [4.78, 5) is 45.9. The van der Waals surface area contributed by atoms with Crippen LogP contribution in [0, 0.1) is 0 Å². The maximum Gasteiger partial charge on any atom is 0.472 e. The van der Waals surface area contributed by atoms with E-state index in [1.807, 2.05) is 0 Å². The molecule has 0 aromatic carbocycles. The zero-order valence-electron chi connectivity index (χ0n) is 37.0. The van der Waals surface area contributed by atoms with Gasteiger partial charge in [-0.05, 0) is 89.9 Å². The molecule has 0 radical (unpaired) electrons. The van der Waals surface area contributed by atoms with Crippen LogP contribution in [-0.2, 0) is 32.7 Å². The van der Waals surface area contributed by atoms with Crippen LogP contribution in [-0.4, -0.2) is 64.9 Å². The van der Waals surface area contributed by atoms with E-state index in [4.69, 9.17) is 13.8 Å². The highest BCUT2D eigenvalue weighted by atomic mass is 31.2. The van der Waals surface area contributed by atoms with Crippen LogP contribution < -0.4 is 5.32 Å². The quantitative estimate of drug-likeness (QED) is 0.0201. The van der Waals surface area contributed by atoms with Crippen LogP contribution in [0.15, 0.2) is 85.1 Å². The van der Waals surface area contributed by atoms with Gasteiger partial charge in [0.2, 0.25) is 5.91 Å². The first-order valence-electron chi connectivity index (χ1n) is 22.6. The minimum atomic E-state index is -4.77. The third kappa shape index (κ3) is 41.4. The highest BCUT2D eigenvalue weighted by molar-refractivity contribution is 7.47. The zero-order chi connectivity index (χ0) is 44.2. The molecule has 0 saturated heterocycles. The number of aliphatic carboxylic acids is 1. The van der Waals surface area contributed by atoms with Crippen LogP contribution in [0.1, 0.15) is 168 Å². The molecule has 342 valence electrons. The van der Waals surface area contributed by atoms with E-state index in [-0.39, 0.29) is 12.8 Å². The van der Waals surface area contributed by atoms with Crippen molar-refractivity contribution in [3.63, 3.8) is 0 Å². The third-order valence-electron chi connectivity index (χ3n) is 9.17. The van der Waals surface area contributed by atoms with E-state index < -0.39 is 57.6 Å². The highest BCUT2D eigenvalue weighted by Crippen LogP contribution is 2.43. The van der Waals surface area contributed by atoms with Crippen molar-refractivity contribution < 1.29 is 47.8 Å². The van der Waals surface area contributed by atoms with Crippen LogP contribution in [0.3, 0.4) is 0 Å². The van der Waals surface area contributed by atoms with E-state index in [1.54, 1.807) is 0 Å². The average Bonchev–Trinajstić information content (AvgIpc) is 3.22. The van der Waals surface area contributed by atoms with Gasteiger partial charge in [-0.15, -0.1) is 0 Å². The first-order valence-corrected chi connectivity index (χ1v) is 24.1. The zero-order valence-corrected chi connectivity index (χ0v) is 37.9. The van der Waals surface area contributed by atoms with Gasteiger partial charge in [-0.25, -0.2) is 9.36 Å². The molecular weight excluding hydrogens is 781 g/mol. The molecule has 0 fully saturated rings. The Morgan fingerprint density at radius 3 is 1.45 bits per heavy atom. The van der Waals surface area contributed by atoms with Gasteiger partial charge < -0.3 is 25.2 Å². The van der Waals surface area contributed by atoms with Gasteiger partial charge in [0.1, 0.15) is 12.7 Å². The van der Waals surface area contributed by atoms with Crippen molar-refractivity contribution in [2.75, 3.05) is 19.8 Å². The largest absolute Gasteiger partial charge is 0.480 e. The fourth-order valence-corrected chi connectivity index (χ4v) is 6.44. The van der Waals surface area contributed by atoms with Crippen LogP contribution in [0.5, 0.6) is 0 Å². The number of carbonyl (C=O) groups is 3. The van der Waals surface area contributed by atoms with E-state index in [9.17, 15) is 34.1 Å². The molecule has 12 heteroatoms. The number of amides is 1. The molecule has 0 aliphatic heterocycles. The number of nitrogens with one attached hydrogen (secondary N) is 1. The first kappa shape index (κ1) is 56.7. The molecular formula is C48H80NO10P. The van der Waals surface area contributed by atoms with Gasteiger partial charge in [0, 0.05) is 12.8 Å². The Kier molecular flexibility index (Phi) is 40.0. The standard InChI is InChI=1S/C48H80NO10P/c1-3-5-7-9-11-13-15-17-19-20-21-22-23-24-26-28-30-32-34-36-38-40-47(52)57-41-44(50)42-58-60(55,56)59-43-45(48(53)54)49-46(51)39-37-35-33-31-29-27-25-18-16-14-12-10-8-6-4-2/h5,7,11-14,17-19,21-22,24-26,44-45,50H,3-4,6,8-10,15-16,20,23,27-43H2,1-2H3,(H,49,51)(H,53,54)(H,55,56)/b7-5-,13-11-,14-12-,19-17-,22-21-,25-18-,26-24-. The number of aliphatic hydroxyl groups is 1. The topological polar surface area (TPSA) is 169 Å². The van der Waals surface area contributed by atoms with E-state index in [2.05, 4.69) is 104 Å². The van der Waals surface area contributed by atoms with E-state index in [0.29, 0.717) is 12.8 Å². The van der Waals surface area contributed by atoms with Crippen molar-refractivity contribution >= 4 is 25.7 Å². The summed E-state index contributed by atoms with van der Waals surface area (Å²) in [6, 6.07) is -1.56. The fraction of sp³-hybridized carbons (Fsp3) is 0.646. The minimum Gasteiger partial charge on any atom is -0.480 e. The minimum absolute atomic E-state index is 0.124. The van der Waals surface area contributed by atoms with Gasteiger partial charge in [0.25, 0.3) is 0 Å². The third-order valence-corrected chi connectivity index (χ3v) is 10.1. The van der Waals surface area contributed by atoms with Gasteiger partial charge in [0.15, 0.2) is 6.04 Å². The van der Waals surface area contributed by atoms with Crippen LogP contribution in [0.25, 0.3) is 0 Å². The highest BCUT2D eigenvalue weighted by Gasteiger charge is 2.28. The normalized spacial score (nSPS) is 14.5. The second kappa shape index (κ2) is 42.4. The number of hydrogen-bond acceptors (Lipinski definition) is 8. The summed E-state index contributed by atoms with van der Waals surface area (Å²) in [5.74, 6) is -2.42. The lowest BCUT2D eigenvalue weighted by molar-refractivity contribution is -0.147. The lowest BCUT2D eigenvalue weighted by Crippen LogP contribution is -2.43. The maximum atomic E-state index is 12.3. The predicted molar refractivity (Wildman–Crippen MR) is 244 cm³/mol. The second-order valence-electron chi connectivity index (χ2n) is 14.9. The molecule has 0 rings (SSSR count). The predicted octanol–water partition coefficient (Wildman–Crippen LogP) is 11.9. The molecule has 4 N–H and O–H groups in total. The van der Waals surface area contributed by atoms with Crippen molar-refractivity contribution in [1.29, 1.82) is 0 Å². The number of phosphoric acid groups is 1. The van der Waals surface area contributed by atoms with Crippen molar-refractivity contribution in [2.45, 2.75) is 180 Å². The summed E-state index contributed by atoms with van der Waals surface area (Å²) in [5, 5.41) is 21.8. The summed E-state index contributed by atoms with van der Waals surface area (Å²) in [6.07, 6.45) is 51.7.